The molecule has 3 aromatic rings. The average molecular weight is 405 g/mol. The quantitative estimate of drug-likeness (QED) is 0.280. The zero-order valence-corrected chi connectivity index (χ0v) is 16.6. The number of imide groups is 1. The van der Waals surface area contributed by atoms with Crippen LogP contribution in [-0.4, -0.2) is 29.2 Å². The smallest absolute Gasteiger partial charge is 0.336 e. The lowest BCUT2D eigenvalue weighted by Gasteiger charge is -2.14. The van der Waals surface area contributed by atoms with Crippen molar-refractivity contribution >= 4 is 28.8 Å². The summed E-state index contributed by atoms with van der Waals surface area (Å²) in [6.45, 7) is 3.66. The monoisotopic (exact) mass is 405 g/mol. The molecule has 0 bridgehead atoms. The highest BCUT2D eigenvalue weighted by atomic mass is 16.5. The molecule has 2 aromatic carbocycles. The fourth-order valence-corrected chi connectivity index (χ4v) is 3.58. The molecule has 2 heterocycles. The van der Waals surface area contributed by atoms with Crippen LogP contribution < -0.4 is 10.4 Å². The van der Waals surface area contributed by atoms with Gasteiger partial charge in [0, 0.05) is 24.1 Å². The summed E-state index contributed by atoms with van der Waals surface area (Å²) in [5.74, 6) is -1.12. The molecule has 0 saturated carbocycles. The highest BCUT2D eigenvalue weighted by Crippen LogP contribution is 2.28. The summed E-state index contributed by atoms with van der Waals surface area (Å²) in [5, 5.41) is 0.775. The first kappa shape index (κ1) is 19.6. The third-order valence-corrected chi connectivity index (χ3v) is 5.15. The molecule has 0 N–H and O–H groups in total. The van der Waals surface area contributed by atoms with E-state index in [1.165, 1.54) is 12.1 Å². The van der Waals surface area contributed by atoms with Gasteiger partial charge in [0.1, 0.15) is 11.3 Å². The maximum Gasteiger partial charge on any atom is 0.336 e. The Kier molecular flexibility index (Phi) is 4.95. The second-order valence-corrected chi connectivity index (χ2v) is 7.09. The molecule has 7 heteroatoms. The number of esters is 1. The maximum absolute atomic E-state index is 12.4. The van der Waals surface area contributed by atoms with Gasteiger partial charge in [0.15, 0.2) is 0 Å². The number of carbonyl (C=O) groups is 3. The Bertz CT molecular complexity index is 1220. The van der Waals surface area contributed by atoms with Crippen LogP contribution in [0.15, 0.2) is 51.7 Å². The van der Waals surface area contributed by atoms with Gasteiger partial charge in [-0.25, -0.2) is 4.79 Å². The van der Waals surface area contributed by atoms with Crippen molar-refractivity contribution in [2.45, 2.75) is 26.7 Å². The van der Waals surface area contributed by atoms with Crippen molar-refractivity contribution in [3.63, 3.8) is 0 Å². The molecule has 0 radical (unpaired) electrons. The summed E-state index contributed by atoms with van der Waals surface area (Å²) in [6, 6.07) is 11.3. The Labute approximate surface area is 171 Å². The van der Waals surface area contributed by atoms with E-state index in [9.17, 15) is 19.2 Å². The zero-order chi connectivity index (χ0) is 21.4. The van der Waals surface area contributed by atoms with Gasteiger partial charge in [-0.3, -0.25) is 19.3 Å². The third kappa shape index (κ3) is 3.39. The normalized spacial score (nSPS) is 13.1. The third-order valence-electron chi connectivity index (χ3n) is 5.15. The second kappa shape index (κ2) is 7.59. The summed E-state index contributed by atoms with van der Waals surface area (Å²) in [6.07, 6.45) is 0.458. The number of hydrogen-bond acceptors (Lipinski definition) is 6. The van der Waals surface area contributed by atoms with Crippen LogP contribution in [0.4, 0.5) is 0 Å². The van der Waals surface area contributed by atoms with Crippen LogP contribution in [0.3, 0.4) is 0 Å². The van der Waals surface area contributed by atoms with Gasteiger partial charge < -0.3 is 9.15 Å². The Morgan fingerprint density at radius 2 is 1.70 bits per heavy atom. The summed E-state index contributed by atoms with van der Waals surface area (Å²) in [4.78, 5) is 49.9. The topological polar surface area (TPSA) is 93.9 Å². The molecule has 2 amide bonds. The van der Waals surface area contributed by atoms with Crippen LogP contribution in [0.1, 0.15) is 45.2 Å². The number of amides is 2. The van der Waals surface area contributed by atoms with E-state index in [1.807, 2.05) is 19.9 Å². The van der Waals surface area contributed by atoms with Crippen molar-refractivity contribution in [1.82, 2.24) is 4.90 Å². The first-order valence-corrected chi connectivity index (χ1v) is 9.62. The molecule has 0 saturated heterocycles. The molecule has 0 fully saturated rings. The number of hydrogen-bond donors (Lipinski definition) is 0. The minimum absolute atomic E-state index is 0.0750. The molecule has 0 atom stereocenters. The number of benzene rings is 2. The number of ether oxygens (including phenoxy) is 1. The van der Waals surface area contributed by atoms with Crippen LogP contribution in [0.25, 0.3) is 11.0 Å². The summed E-state index contributed by atoms with van der Waals surface area (Å²) < 4.78 is 10.7. The van der Waals surface area contributed by atoms with Crippen molar-refractivity contribution in [3.05, 3.63) is 75.1 Å². The predicted octanol–water partition coefficient (Wildman–Crippen LogP) is 3.26. The van der Waals surface area contributed by atoms with Crippen molar-refractivity contribution in [2.75, 3.05) is 6.54 Å². The van der Waals surface area contributed by atoms with E-state index in [0.717, 1.165) is 21.4 Å². The molecular formula is C23H19NO6. The fourth-order valence-electron chi connectivity index (χ4n) is 3.58. The SMILES string of the molecule is CCc1cc2c(C)cc(=O)oc2cc1OC(=O)CCN1C(=O)c2ccccc2C1=O. The van der Waals surface area contributed by atoms with Crippen molar-refractivity contribution in [3.8, 4) is 5.75 Å². The molecule has 7 nitrogen and oxygen atoms in total. The molecular weight excluding hydrogens is 386 g/mol. The van der Waals surface area contributed by atoms with Crippen molar-refractivity contribution in [1.29, 1.82) is 0 Å². The minimum Gasteiger partial charge on any atom is -0.426 e. The largest absolute Gasteiger partial charge is 0.426 e. The summed E-state index contributed by atoms with van der Waals surface area (Å²) in [5.41, 5.74) is 2.09. The van der Waals surface area contributed by atoms with Gasteiger partial charge in [0.25, 0.3) is 11.8 Å². The van der Waals surface area contributed by atoms with E-state index in [2.05, 4.69) is 0 Å². The molecule has 4 rings (SSSR count). The Morgan fingerprint density at radius 1 is 1.03 bits per heavy atom. The Balaban J connectivity index is 1.51. The molecule has 1 aromatic heterocycles. The Morgan fingerprint density at radius 3 is 2.33 bits per heavy atom. The van der Waals surface area contributed by atoms with Gasteiger partial charge in [-0.15, -0.1) is 0 Å². The van der Waals surface area contributed by atoms with Crippen molar-refractivity contribution < 1.29 is 23.5 Å². The lowest BCUT2D eigenvalue weighted by Crippen LogP contribution is -2.32. The second-order valence-electron chi connectivity index (χ2n) is 7.09. The van der Waals surface area contributed by atoms with Gasteiger partial charge in [-0.1, -0.05) is 19.1 Å². The number of carbonyl (C=O) groups excluding carboxylic acids is 3. The number of aryl methyl sites for hydroxylation is 2. The van der Waals surface area contributed by atoms with E-state index < -0.39 is 23.4 Å². The molecule has 0 aliphatic carbocycles. The first-order chi connectivity index (χ1) is 14.4. The fraction of sp³-hybridized carbons (Fsp3) is 0.217. The van der Waals surface area contributed by atoms with Gasteiger partial charge >= 0.3 is 11.6 Å². The number of nitrogens with zero attached hydrogens (tertiary/aromatic N) is 1. The number of fused-ring (bicyclic) bond motifs is 2. The predicted molar refractivity (Wildman–Crippen MR) is 109 cm³/mol. The highest BCUT2D eigenvalue weighted by Gasteiger charge is 2.35. The van der Waals surface area contributed by atoms with Gasteiger partial charge in [0.2, 0.25) is 0 Å². The first-order valence-electron chi connectivity index (χ1n) is 9.62. The molecule has 0 unspecified atom stereocenters. The molecule has 152 valence electrons. The van der Waals surface area contributed by atoms with E-state index >= 15 is 0 Å². The lowest BCUT2D eigenvalue weighted by molar-refractivity contribution is -0.134. The Hall–Kier alpha value is -3.74. The van der Waals surface area contributed by atoms with Crippen molar-refractivity contribution in [2.24, 2.45) is 0 Å². The zero-order valence-electron chi connectivity index (χ0n) is 16.6. The summed E-state index contributed by atoms with van der Waals surface area (Å²) >= 11 is 0. The summed E-state index contributed by atoms with van der Waals surface area (Å²) in [7, 11) is 0. The van der Waals surface area contributed by atoms with E-state index in [-0.39, 0.29) is 13.0 Å². The minimum atomic E-state index is -0.587. The molecule has 1 aliphatic heterocycles. The standard InChI is InChI=1S/C23H19NO6/c1-3-14-11-17-13(2)10-21(26)30-19(17)12-18(14)29-20(25)8-9-24-22(27)15-6-4-5-7-16(15)23(24)28/h4-7,10-12H,3,8-9H2,1-2H3. The lowest BCUT2D eigenvalue weighted by atomic mass is 10.1. The molecule has 30 heavy (non-hydrogen) atoms. The van der Waals surface area contributed by atoms with Gasteiger partial charge in [0.05, 0.1) is 17.5 Å². The highest BCUT2D eigenvalue weighted by molar-refractivity contribution is 6.21. The van der Waals surface area contributed by atoms with E-state index in [1.54, 1.807) is 24.3 Å². The number of rotatable bonds is 5. The molecule has 0 spiro atoms. The van der Waals surface area contributed by atoms with Crippen LogP contribution in [0.2, 0.25) is 0 Å². The van der Waals surface area contributed by atoms with E-state index in [4.69, 9.17) is 9.15 Å². The average Bonchev–Trinajstić information content (AvgIpc) is 2.96. The van der Waals surface area contributed by atoms with Gasteiger partial charge in [-0.05, 0) is 42.7 Å². The molecule has 1 aliphatic rings. The van der Waals surface area contributed by atoms with Crippen LogP contribution in [0.5, 0.6) is 5.75 Å². The van der Waals surface area contributed by atoms with Gasteiger partial charge in [-0.2, -0.15) is 0 Å². The van der Waals surface area contributed by atoms with Crippen LogP contribution in [0, 0.1) is 6.92 Å². The van der Waals surface area contributed by atoms with Crippen LogP contribution >= 0.6 is 0 Å². The van der Waals surface area contributed by atoms with Crippen LogP contribution in [-0.2, 0) is 11.2 Å². The van der Waals surface area contributed by atoms with E-state index in [0.29, 0.717) is 28.9 Å². The maximum atomic E-state index is 12.4.